The lowest BCUT2D eigenvalue weighted by Gasteiger charge is -2.12. The number of hydrogen-bond donors (Lipinski definition) is 1. The van der Waals surface area contributed by atoms with Crippen molar-refractivity contribution in [3.05, 3.63) is 82.6 Å². The van der Waals surface area contributed by atoms with Gasteiger partial charge in [0.1, 0.15) is 5.39 Å². The molecule has 3 aromatic heterocycles. The van der Waals surface area contributed by atoms with Gasteiger partial charge in [-0.1, -0.05) is 18.2 Å². The van der Waals surface area contributed by atoms with Gasteiger partial charge in [0.05, 0.1) is 17.1 Å². The summed E-state index contributed by atoms with van der Waals surface area (Å²) in [7, 11) is 0.695. The van der Waals surface area contributed by atoms with Gasteiger partial charge in [-0.2, -0.15) is 4.98 Å². The molecule has 3 heterocycles. The van der Waals surface area contributed by atoms with Crippen molar-refractivity contribution >= 4 is 53.9 Å². The number of thiophene rings is 1. The van der Waals surface area contributed by atoms with Crippen molar-refractivity contribution in [1.82, 2.24) is 24.2 Å². The van der Waals surface area contributed by atoms with Gasteiger partial charge >= 0.3 is 0 Å². The largest absolute Gasteiger partial charge is 0.324 e. The van der Waals surface area contributed by atoms with E-state index in [1.165, 1.54) is 34.0 Å². The Labute approximate surface area is 224 Å². The maximum Gasteiger partial charge on any atom is 0.278 e. The molecule has 0 unspecified atom stereocenters. The Morgan fingerprint density at radius 3 is 2.71 bits per heavy atom. The molecule has 5 rings (SSSR count). The number of fused-ring (bicyclic) bond motifs is 2. The Morgan fingerprint density at radius 2 is 1.97 bits per heavy atom. The fourth-order valence-electron chi connectivity index (χ4n) is 4.31. The van der Waals surface area contributed by atoms with Gasteiger partial charge < -0.3 is 10.2 Å². The molecule has 0 spiro atoms. The van der Waals surface area contributed by atoms with Crippen molar-refractivity contribution in [3.8, 4) is 5.69 Å². The molecule has 0 amide bonds. The van der Waals surface area contributed by atoms with Gasteiger partial charge in [-0.25, -0.2) is 22.8 Å². The molecule has 0 atom stereocenters. The summed E-state index contributed by atoms with van der Waals surface area (Å²) in [4.78, 5) is 24.6. The summed E-state index contributed by atoms with van der Waals surface area (Å²) < 4.78 is 28.6. The highest BCUT2D eigenvalue weighted by molar-refractivity contribution is 7.90. The molecule has 2 aromatic carbocycles. The van der Waals surface area contributed by atoms with Crippen LogP contribution in [0, 0.1) is 0 Å². The van der Waals surface area contributed by atoms with Crippen molar-refractivity contribution in [2.75, 3.05) is 32.2 Å². The van der Waals surface area contributed by atoms with Crippen LogP contribution in [0.15, 0.2) is 76.4 Å². The first kappa shape index (κ1) is 25.8. The third kappa shape index (κ3) is 5.00. The molecule has 0 aliphatic carbocycles. The first-order valence-electron chi connectivity index (χ1n) is 12.0. The first-order chi connectivity index (χ1) is 18.2. The summed E-state index contributed by atoms with van der Waals surface area (Å²) in [5.74, 6) is 0.324. The van der Waals surface area contributed by atoms with E-state index in [-0.39, 0.29) is 17.0 Å². The minimum absolute atomic E-state index is 0.149. The quantitative estimate of drug-likeness (QED) is 0.275. The summed E-state index contributed by atoms with van der Waals surface area (Å²) in [6.07, 6.45) is 5.23. The predicted octanol–water partition coefficient (Wildman–Crippen LogP) is 4.23. The Morgan fingerprint density at radius 1 is 1.16 bits per heavy atom. The summed E-state index contributed by atoms with van der Waals surface area (Å²) in [6, 6.07) is 12.6. The molecule has 38 heavy (non-hydrogen) atoms. The molecule has 5 aromatic rings. The summed E-state index contributed by atoms with van der Waals surface area (Å²) in [5.41, 5.74) is 2.73. The lowest BCUT2D eigenvalue weighted by Crippen LogP contribution is -2.21. The molecule has 0 saturated carbocycles. The minimum Gasteiger partial charge on any atom is -0.324 e. The molecule has 0 saturated heterocycles. The van der Waals surface area contributed by atoms with E-state index in [4.69, 9.17) is 0 Å². The van der Waals surface area contributed by atoms with Crippen LogP contribution >= 0.6 is 11.3 Å². The molecule has 1 N–H and O–H groups in total. The van der Waals surface area contributed by atoms with Crippen molar-refractivity contribution in [2.45, 2.75) is 17.9 Å². The zero-order valence-corrected chi connectivity index (χ0v) is 23.0. The highest BCUT2D eigenvalue weighted by Gasteiger charge is 2.18. The average molecular weight is 549 g/mol. The van der Waals surface area contributed by atoms with Gasteiger partial charge in [-0.05, 0) is 67.2 Å². The van der Waals surface area contributed by atoms with E-state index < -0.39 is 9.84 Å². The Hall–Kier alpha value is -3.80. The molecule has 9 nitrogen and oxygen atoms in total. The number of aromatic nitrogens is 4. The fraction of sp³-hybridized carbons (Fsp3) is 0.222. The number of benzene rings is 2. The topological polar surface area (TPSA) is 102 Å². The van der Waals surface area contributed by atoms with Crippen LogP contribution in [0.1, 0.15) is 5.56 Å². The SMILES string of the molecule is C=CCn1c(=O)c2cnc(Nc3ccc4c(CCN(C)C)csc4c3)nc2n1-c1cccc(S(C)(=O)=O)c1. The number of likely N-dealkylation sites (N-methyl/N-ethyl adjacent to an activating group) is 1. The number of nitrogens with zero attached hydrogens (tertiary/aromatic N) is 5. The molecule has 0 aliphatic rings. The zero-order chi connectivity index (χ0) is 27.0. The average Bonchev–Trinajstić information content (AvgIpc) is 3.40. The molecule has 0 aliphatic heterocycles. The van der Waals surface area contributed by atoms with Crippen LogP contribution in [0.2, 0.25) is 0 Å². The van der Waals surface area contributed by atoms with Gasteiger partial charge in [0.15, 0.2) is 15.5 Å². The number of allylic oxidation sites excluding steroid dienone is 1. The lowest BCUT2D eigenvalue weighted by molar-refractivity contribution is 0.414. The normalized spacial score (nSPS) is 12.0. The maximum atomic E-state index is 13.2. The third-order valence-corrected chi connectivity index (χ3v) is 8.31. The smallest absolute Gasteiger partial charge is 0.278 e. The fourth-order valence-corrected chi connectivity index (χ4v) is 6.01. The van der Waals surface area contributed by atoms with Crippen molar-refractivity contribution in [2.24, 2.45) is 0 Å². The third-order valence-electron chi connectivity index (χ3n) is 6.21. The Balaban J connectivity index is 1.56. The second kappa shape index (κ2) is 10.2. The maximum absolute atomic E-state index is 13.2. The molecular formula is C27H28N6O3S2. The Kier molecular flexibility index (Phi) is 6.91. The van der Waals surface area contributed by atoms with E-state index >= 15 is 0 Å². The van der Waals surface area contributed by atoms with Crippen molar-refractivity contribution in [1.29, 1.82) is 0 Å². The van der Waals surface area contributed by atoms with E-state index in [2.05, 4.69) is 58.4 Å². The van der Waals surface area contributed by atoms with Gasteiger partial charge in [0.25, 0.3) is 5.56 Å². The van der Waals surface area contributed by atoms with E-state index in [1.807, 2.05) is 6.07 Å². The van der Waals surface area contributed by atoms with Gasteiger partial charge in [-0.15, -0.1) is 17.9 Å². The van der Waals surface area contributed by atoms with E-state index in [1.54, 1.807) is 34.2 Å². The monoisotopic (exact) mass is 548 g/mol. The van der Waals surface area contributed by atoms with E-state index in [0.717, 1.165) is 29.6 Å². The van der Waals surface area contributed by atoms with E-state index in [9.17, 15) is 13.2 Å². The van der Waals surface area contributed by atoms with Crippen LogP contribution in [0.4, 0.5) is 11.6 Å². The molecule has 11 heteroatoms. The minimum atomic E-state index is -3.45. The zero-order valence-electron chi connectivity index (χ0n) is 21.4. The second-order valence-electron chi connectivity index (χ2n) is 9.34. The summed E-state index contributed by atoms with van der Waals surface area (Å²) in [6.45, 7) is 4.96. The second-order valence-corrected chi connectivity index (χ2v) is 12.3. The van der Waals surface area contributed by atoms with Crippen molar-refractivity contribution in [3.63, 3.8) is 0 Å². The van der Waals surface area contributed by atoms with Crippen LogP contribution in [-0.2, 0) is 22.8 Å². The molecule has 0 radical (unpaired) electrons. The van der Waals surface area contributed by atoms with Gasteiger partial charge in [-0.3, -0.25) is 4.79 Å². The van der Waals surface area contributed by atoms with Gasteiger partial charge in [0, 0.05) is 29.4 Å². The molecular weight excluding hydrogens is 520 g/mol. The number of anilines is 2. The van der Waals surface area contributed by atoms with Crippen LogP contribution in [0.25, 0.3) is 26.8 Å². The van der Waals surface area contributed by atoms with Crippen LogP contribution in [0.3, 0.4) is 0 Å². The lowest BCUT2D eigenvalue weighted by atomic mass is 10.1. The number of rotatable bonds is 9. The first-order valence-corrected chi connectivity index (χ1v) is 14.7. The Bertz CT molecular complexity index is 1830. The standard InChI is InChI=1S/C27H28N6O3S2/c1-5-12-32-26(34)23-16-28-27(30-25(23)33(32)20-7-6-8-21(15-20)38(4,35)36)29-19-9-10-22-18(11-13-31(2)3)17-37-24(22)14-19/h5-10,14-17H,1,11-13H2,2-4H3,(H,28,29,30). The van der Waals surface area contributed by atoms with Crippen LogP contribution < -0.4 is 10.9 Å². The van der Waals surface area contributed by atoms with Crippen LogP contribution in [-0.4, -0.2) is 59.5 Å². The van der Waals surface area contributed by atoms with Gasteiger partial charge in [0.2, 0.25) is 5.95 Å². The molecule has 0 bridgehead atoms. The number of sulfone groups is 1. The van der Waals surface area contributed by atoms with E-state index in [0.29, 0.717) is 22.7 Å². The highest BCUT2D eigenvalue weighted by atomic mass is 32.2. The van der Waals surface area contributed by atoms with Crippen LogP contribution in [0.5, 0.6) is 0 Å². The summed E-state index contributed by atoms with van der Waals surface area (Å²) >= 11 is 1.70. The molecule has 196 valence electrons. The predicted molar refractivity (Wildman–Crippen MR) is 154 cm³/mol. The summed E-state index contributed by atoms with van der Waals surface area (Å²) in [5, 5.41) is 7.02. The van der Waals surface area contributed by atoms with Crippen molar-refractivity contribution < 1.29 is 8.42 Å². The number of hydrogen-bond acceptors (Lipinski definition) is 8. The molecule has 0 fully saturated rings. The number of nitrogens with one attached hydrogen (secondary N) is 1. The highest BCUT2D eigenvalue weighted by Crippen LogP contribution is 2.30.